The zero-order chi connectivity index (χ0) is 14.5. The molecule has 2 rings (SSSR count). The van der Waals surface area contributed by atoms with E-state index in [1.54, 1.807) is 12.1 Å². The molecular weight excluding hydrogens is 276 g/mol. The largest absolute Gasteiger partial charge is 0.478 e. The summed E-state index contributed by atoms with van der Waals surface area (Å²) in [6.45, 7) is 1.34. The number of aromatic carboxylic acids is 1. The molecular formula is C15H15ClN2O2. The van der Waals surface area contributed by atoms with Crippen molar-refractivity contribution in [3.63, 3.8) is 0 Å². The van der Waals surface area contributed by atoms with Crippen LogP contribution < -0.4 is 0 Å². The molecule has 1 aromatic heterocycles. The summed E-state index contributed by atoms with van der Waals surface area (Å²) in [6, 6.07) is 11.0. The predicted molar refractivity (Wildman–Crippen MR) is 77.8 cm³/mol. The van der Waals surface area contributed by atoms with E-state index in [9.17, 15) is 4.79 Å². The predicted octanol–water partition coefficient (Wildman–Crippen LogP) is 3.07. The minimum absolute atomic E-state index is 0.197. The lowest BCUT2D eigenvalue weighted by Gasteiger charge is -2.17. The Morgan fingerprint density at radius 1 is 1.25 bits per heavy atom. The second-order valence-electron chi connectivity index (χ2n) is 4.61. The van der Waals surface area contributed by atoms with Gasteiger partial charge in [0.15, 0.2) is 0 Å². The molecule has 0 saturated carbocycles. The number of carboxylic acids is 1. The molecule has 104 valence electrons. The van der Waals surface area contributed by atoms with Crippen LogP contribution in [0.5, 0.6) is 0 Å². The molecule has 0 fully saturated rings. The molecule has 0 unspecified atom stereocenters. The molecule has 1 heterocycles. The first-order valence-corrected chi connectivity index (χ1v) is 6.54. The summed E-state index contributed by atoms with van der Waals surface area (Å²) in [5.74, 6) is -0.964. The van der Waals surface area contributed by atoms with E-state index in [4.69, 9.17) is 16.7 Å². The summed E-state index contributed by atoms with van der Waals surface area (Å²) >= 11 is 6.12. The Bertz CT molecular complexity index is 599. The van der Waals surface area contributed by atoms with E-state index in [1.807, 2.05) is 31.3 Å². The zero-order valence-corrected chi connectivity index (χ0v) is 11.8. The molecule has 0 aliphatic heterocycles. The van der Waals surface area contributed by atoms with Crippen LogP contribution in [0.3, 0.4) is 0 Å². The van der Waals surface area contributed by atoms with E-state index < -0.39 is 5.97 Å². The second-order valence-corrected chi connectivity index (χ2v) is 5.01. The third kappa shape index (κ3) is 3.79. The number of aromatic nitrogens is 1. The van der Waals surface area contributed by atoms with Gasteiger partial charge in [0.2, 0.25) is 0 Å². The number of hydrogen-bond donors (Lipinski definition) is 1. The monoisotopic (exact) mass is 290 g/mol. The lowest BCUT2D eigenvalue weighted by molar-refractivity contribution is 0.0696. The van der Waals surface area contributed by atoms with Gasteiger partial charge in [0.05, 0.1) is 11.3 Å². The van der Waals surface area contributed by atoms with Crippen molar-refractivity contribution in [1.82, 2.24) is 9.88 Å². The number of benzene rings is 1. The summed E-state index contributed by atoms with van der Waals surface area (Å²) in [4.78, 5) is 17.0. The van der Waals surface area contributed by atoms with Crippen LogP contribution in [-0.4, -0.2) is 28.0 Å². The normalized spacial score (nSPS) is 10.8. The fraction of sp³-hybridized carbons (Fsp3) is 0.200. The molecule has 0 bridgehead atoms. The van der Waals surface area contributed by atoms with Gasteiger partial charge in [0, 0.05) is 24.3 Å². The fourth-order valence-electron chi connectivity index (χ4n) is 1.89. The van der Waals surface area contributed by atoms with E-state index in [2.05, 4.69) is 9.88 Å². The Balaban J connectivity index is 1.99. The maximum atomic E-state index is 10.7. The molecule has 0 saturated heterocycles. The van der Waals surface area contributed by atoms with E-state index >= 15 is 0 Å². The smallest absolute Gasteiger partial charge is 0.337 e. The van der Waals surface area contributed by atoms with Gasteiger partial charge < -0.3 is 5.11 Å². The van der Waals surface area contributed by atoms with Gasteiger partial charge in [-0.25, -0.2) is 4.79 Å². The molecule has 0 aliphatic rings. The first-order valence-electron chi connectivity index (χ1n) is 6.16. The van der Waals surface area contributed by atoms with Gasteiger partial charge in [-0.05, 0) is 30.8 Å². The summed E-state index contributed by atoms with van der Waals surface area (Å²) in [6.07, 6.45) is 1.38. The number of nitrogens with zero attached hydrogens (tertiary/aromatic N) is 2. The number of halogens is 1. The molecule has 0 aliphatic carbocycles. The van der Waals surface area contributed by atoms with Crippen molar-refractivity contribution in [2.24, 2.45) is 0 Å². The molecule has 0 radical (unpaired) electrons. The fourth-order valence-corrected chi connectivity index (χ4v) is 2.09. The Kier molecular flexibility index (Phi) is 4.71. The standard InChI is InChI=1S/C15H15ClN2O2/c1-18(9-12-4-2-3-5-14(12)16)10-13-7-6-11(8-17-13)15(19)20/h2-8H,9-10H2,1H3,(H,19,20). The molecule has 20 heavy (non-hydrogen) atoms. The third-order valence-corrected chi connectivity index (χ3v) is 3.27. The number of pyridine rings is 1. The van der Waals surface area contributed by atoms with Crippen LogP contribution >= 0.6 is 11.6 Å². The van der Waals surface area contributed by atoms with Crippen LogP contribution in [0.15, 0.2) is 42.6 Å². The Morgan fingerprint density at radius 2 is 2.00 bits per heavy atom. The molecule has 5 heteroatoms. The van der Waals surface area contributed by atoms with Crippen molar-refractivity contribution in [3.05, 3.63) is 64.4 Å². The molecule has 1 N–H and O–H groups in total. The second kappa shape index (κ2) is 6.50. The number of carboxylic acid groups (broad SMARTS) is 1. The van der Waals surface area contributed by atoms with Crippen LogP contribution in [0.4, 0.5) is 0 Å². The van der Waals surface area contributed by atoms with E-state index in [0.29, 0.717) is 13.1 Å². The lowest BCUT2D eigenvalue weighted by Crippen LogP contribution is -2.18. The van der Waals surface area contributed by atoms with Crippen LogP contribution in [0.2, 0.25) is 5.02 Å². The van der Waals surface area contributed by atoms with Gasteiger partial charge in [0.25, 0.3) is 0 Å². The van der Waals surface area contributed by atoms with Crippen molar-refractivity contribution >= 4 is 17.6 Å². The van der Waals surface area contributed by atoms with E-state index in [0.717, 1.165) is 16.3 Å². The third-order valence-electron chi connectivity index (χ3n) is 2.90. The van der Waals surface area contributed by atoms with Crippen molar-refractivity contribution < 1.29 is 9.90 Å². The number of rotatable bonds is 5. The Hall–Kier alpha value is -1.91. The van der Waals surface area contributed by atoms with Gasteiger partial charge in [-0.2, -0.15) is 0 Å². The van der Waals surface area contributed by atoms with E-state index in [-0.39, 0.29) is 5.56 Å². The van der Waals surface area contributed by atoms with Crippen molar-refractivity contribution in [1.29, 1.82) is 0 Å². The van der Waals surface area contributed by atoms with E-state index in [1.165, 1.54) is 6.20 Å². The van der Waals surface area contributed by atoms with Gasteiger partial charge >= 0.3 is 5.97 Å². The highest BCUT2D eigenvalue weighted by Gasteiger charge is 2.07. The Morgan fingerprint density at radius 3 is 2.60 bits per heavy atom. The molecule has 1 aromatic carbocycles. The minimum Gasteiger partial charge on any atom is -0.478 e. The lowest BCUT2D eigenvalue weighted by atomic mass is 10.2. The van der Waals surface area contributed by atoms with Crippen molar-refractivity contribution in [2.75, 3.05) is 7.05 Å². The SMILES string of the molecule is CN(Cc1ccc(C(=O)O)cn1)Cc1ccccc1Cl. The topological polar surface area (TPSA) is 53.4 Å². The first kappa shape index (κ1) is 14.5. The number of hydrogen-bond acceptors (Lipinski definition) is 3. The summed E-state index contributed by atoms with van der Waals surface area (Å²) in [5.41, 5.74) is 2.07. The Labute approximate surface area is 122 Å². The van der Waals surface area contributed by atoms with Gasteiger partial charge in [0.1, 0.15) is 0 Å². The summed E-state index contributed by atoms with van der Waals surface area (Å²) < 4.78 is 0. The molecule has 0 spiro atoms. The minimum atomic E-state index is -0.964. The highest BCUT2D eigenvalue weighted by molar-refractivity contribution is 6.31. The van der Waals surface area contributed by atoms with Crippen molar-refractivity contribution in [2.45, 2.75) is 13.1 Å². The van der Waals surface area contributed by atoms with Crippen LogP contribution in [-0.2, 0) is 13.1 Å². The molecule has 2 aromatic rings. The highest BCUT2D eigenvalue weighted by Crippen LogP contribution is 2.17. The van der Waals surface area contributed by atoms with Crippen LogP contribution in [0, 0.1) is 0 Å². The van der Waals surface area contributed by atoms with Gasteiger partial charge in [-0.3, -0.25) is 9.88 Å². The maximum absolute atomic E-state index is 10.7. The number of carbonyl (C=O) groups is 1. The molecule has 0 amide bonds. The summed E-state index contributed by atoms with van der Waals surface area (Å²) in [5, 5.41) is 9.56. The maximum Gasteiger partial charge on any atom is 0.337 e. The first-order chi connectivity index (χ1) is 9.56. The summed E-state index contributed by atoms with van der Waals surface area (Å²) in [7, 11) is 1.97. The van der Waals surface area contributed by atoms with Gasteiger partial charge in [-0.15, -0.1) is 0 Å². The zero-order valence-electron chi connectivity index (χ0n) is 11.1. The average Bonchev–Trinajstić information content (AvgIpc) is 2.42. The molecule has 0 atom stereocenters. The average molecular weight is 291 g/mol. The van der Waals surface area contributed by atoms with Crippen molar-refractivity contribution in [3.8, 4) is 0 Å². The highest BCUT2D eigenvalue weighted by atomic mass is 35.5. The van der Waals surface area contributed by atoms with Gasteiger partial charge in [-0.1, -0.05) is 29.8 Å². The molecule has 4 nitrogen and oxygen atoms in total. The van der Waals surface area contributed by atoms with Crippen LogP contribution in [0.25, 0.3) is 0 Å². The van der Waals surface area contributed by atoms with Crippen LogP contribution in [0.1, 0.15) is 21.6 Å². The quantitative estimate of drug-likeness (QED) is 0.919.